The highest BCUT2D eigenvalue weighted by Crippen LogP contribution is 2.33. The normalized spacial score (nSPS) is 18.7. The van der Waals surface area contributed by atoms with Gasteiger partial charge in [-0.1, -0.05) is 0 Å². The van der Waals surface area contributed by atoms with Crippen LogP contribution in [0.3, 0.4) is 0 Å². The van der Waals surface area contributed by atoms with Gasteiger partial charge in [0.2, 0.25) is 0 Å². The van der Waals surface area contributed by atoms with Crippen LogP contribution in [0.5, 0.6) is 0 Å². The van der Waals surface area contributed by atoms with E-state index in [4.69, 9.17) is 0 Å². The SMILES string of the molecule is CN1CC(=O)N(c2cc(C(F)(F)F)ccn2)C1=O.CN1CC(O)N(c2cc(C(F)(F)F)ccn2)C1=O. The van der Waals surface area contributed by atoms with Crippen LogP contribution < -0.4 is 9.80 Å². The standard InChI is InChI=1S/C10H10F3N3O2.C10H8F3N3O2/c2*1-15-5-8(17)16(9(15)18)7-4-6(2-3-14-7)10(11,12)13/h2-4,8,17H,5H2,1H3;2-4H,5H2,1H3. The fourth-order valence-electron chi connectivity index (χ4n) is 3.25. The monoisotopic (exact) mass is 520 g/mol. The molecule has 194 valence electrons. The maximum Gasteiger partial charge on any atom is 0.416 e. The number of β-amino-alcohol motifs (C(OH)–C–C–N with tert-alkyl or cyclic N) is 1. The first-order valence-electron chi connectivity index (χ1n) is 9.98. The van der Waals surface area contributed by atoms with Crippen molar-refractivity contribution in [2.24, 2.45) is 0 Å². The van der Waals surface area contributed by atoms with Crippen LogP contribution >= 0.6 is 0 Å². The van der Waals surface area contributed by atoms with Crippen molar-refractivity contribution in [3.8, 4) is 0 Å². The van der Waals surface area contributed by atoms with Gasteiger partial charge < -0.3 is 14.9 Å². The predicted octanol–water partition coefficient (Wildman–Crippen LogP) is 2.79. The Morgan fingerprint density at radius 3 is 1.75 bits per heavy atom. The summed E-state index contributed by atoms with van der Waals surface area (Å²) in [5.74, 6) is -1.13. The van der Waals surface area contributed by atoms with Gasteiger partial charge in [0.25, 0.3) is 5.91 Å². The van der Waals surface area contributed by atoms with Crippen molar-refractivity contribution in [3.05, 3.63) is 47.8 Å². The molecule has 2 aromatic rings. The van der Waals surface area contributed by atoms with E-state index in [1.165, 1.54) is 19.0 Å². The summed E-state index contributed by atoms with van der Waals surface area (Å²) in [4.78, 5) is 45.8. The van der Waals surface area contributed by atoms with Gasteiger partial charge in [0, 0.05) is 26.5 Å². The molecule has 2 aliphatic heterocycles. The molecular formula is C20H18F6N6O4. The lowest BCUT2D eigenvalue weighted by Gasteiger charge is -2.19. The minimum Gasteiger partial charge on any atom is -0.371 e. The first-order chi connectivity index (χ1) is 16.6. The van der Waals surface area contributed by atoms with Gasteiger partial charge >= 0.3 is 24.4 Å². The van der Waals surface area contributed by atoms with E-state index in [0.29, 0.717) is 11.0 Å². The lowest BCUT2D eigenvalue weighted by atomic mass is 10.2. The second-order valence-corrected chi connectivity index (χ2v) is 7.68. The van der Waals surface area contributed by atoms with Crippen molar-refractivity contribution in [1.82, 2.24) is 19.8 Å². The Kier molecular flexibility index (Phi) is 7.11. The molecule has 2 aliphatic rings. The quantitative estimate of drug-likeness (QED) is 0.482. The number of aromatic nitrogens is 2. The summed E-state index contributed by atoms with van der Waals surface area (Å²) in [5, 5.41) is 9.62. The van der Waals surface area contributed by atoms with Crippen LogP contribution in [0.4, 0.5) is 47.6 Å². The third-order valence-corrected chi connectivity index (χ3v) is 5.03. The summed E-state index contributed by atoms with van der Waals surface area (Å²) >= 11 is 0. The van der Waals surface area contributed by atoms with Gasteiger partial charge in [0.15, 0.2) is 6.23 Å². The van der Waals surface area contributed by atoms with Gasteiger partial charge in [-0.15, -0.1) is 0 Å². The summed E-state index contributed by atoms with van der Waals surface area (Å²) in [7, 11) is 2.83. The number of halogens is 6. The molecule has 2 fully saturated rings. The van der Waals surface area contributed by atoms with Gasteiger partial charge in [0.05, 0.1) is 17.7 Å². The number of nitrogens with zero attached hydrogens (tertiary/aromatic N) is 6. The summed E-state index contributed by atoms with van der Waals surface area (Å²) < 4.78 is 75.1. The third kappa shape index (κ3) is 5.48. The number of aliphatic hydroxyl groups is 1. The number of hydrogen-bond acceptors (Lipinski definition) is 6. The molecule has 4 rings (SSSR count). The number of amides is 5. The molecule has 4 heterocycles. The van der Waals surface area contributed by atoms with E-state index in [2.05, 4.69) is 9.97 Å². The lowest BCUT2D eigenvalue weighted by molar-refractivity contribution is -0.138. The van der Waals surface area contributed by atoms with Gasteiger partial charge in [-0.3, -0.25) is 4.79 Å². The number of anilines is 2. The molecule has 10 nitrogen and oxygen atoms in total. The average Bonchev–Trinajstić information content (AvgIpc) is 3.19. The minimum absolute atomic E-state index is 0.0246. The van der Waals surface area contributed by atoms with Crippen molar-refractivity contribution in [2.45, 2.75) is 18.6 Å². The van der Waals surface area contributed by atoms with Crippen molar-refractivity contribution < 1.29 is 45.8 Å². The van der Waals surface area contributed by atoms with Gasteiger partial charge in [-0.05, 0) is 24.3 Å². The number of rotatable bonds is 2. The number of carbonyl (C=O) groups is 3. The number of hydrogen-bond donors (Lipinski definition) is 1. The molecule has 1 unspecified atom stereocenters. The maximum absolute atomic E-state index is 12.5. The Hall–Kier alpha value is -3.95. The molecule has 0 aromatic carbocycles. The summed E-state index contributed by atoms with van der Waals surface area (Å²) in [6.07, 6.45) is -8.39. The van der Waals surface area contributed by atoms with Crippen molar-refractivity contribution >= 4 is 29.6 Å². The molecule has 16 heteroatoms. The fraction of sp³-hybridized carbons (Fsp3) is 0.350. The largest absolute Gasteiger partial charge is 0.416 e. The van der Waals surface area contributed by atoms with Crippen molar-refractivity contribution in [1.29, 1.82) is 0 Å². The molecule has 2 saturated heterocycles. The number of imide groups is 1. The van der Waals surface area contributed by atoms with Crippen molar-refractivity contribution in [2.75, 3.05) is 37.0 Å². The molecule has 36 heavy (non-hydrogen) atoms. The molecule has 0 bridgehead atoms. The fourth-order valence-corrected chi connectivity index (χ4v) is 3.25. The highest BCUT2D eigenvalue weighted by molar-refractivity contribution is 6.19. The first-order valence-corrected chi connectivity index (χ1v) is 9.98. The van der Waals surface area contributed by atoms with Gasteiger partial charge in [-0.25, -0.2) is 29.4 Å². The summed E-state index contributed by atoms with van der Waals surface area (Å²) in [5.41, 5.74) is -1.87. The maximum atomic E-state index is 12.5. The Balaban J connectivity index is 0.000000201. The van der Waals surface area contributed by atoms with Crippen LogP contribution in [-0.4, -0.2) is 76.3 Å². The van der Waals surface area contributed by atoms with E-state index in [1.807, 2.05) is 0 Å². The predicted molar refractivity (Wildman–Crippen MR) is 111 cm³/mol. The number of alkyl halides is 6. The van der Waals surface area contributed by atoms with Crippen molar-refractivity contribution in [3.63, 3.8) is 0 Å². The molecule has 0 saturated carbocycles. The smallest absolute Gasteiger partial charge is 0.371 e. The Bertz CT molecular complexity index is 1170. The Labute approximate surface area is 199 Å². The topological polar surface area (TPSA) is 110 Å². The highest BCUT2D eigenvalue weighted by Gasteiger charge is 2.39. The zero-order valence-electron chi connectivity index (χ0n) is 18.6. The summed E-state index contributed by atoms with van der Waals surface area (Å²) in [6.45, 7) is -0.145. The Morgan fingerprint density at radius 1 is 0.833 bits per heavy atom. The van der Waals surface area contributed by atoms with Crippen LogP contribution in [0.25, 0.3) is 0 Å². The number of aliphatic hydroxyl groups excluding tert-OH is 1. The minimum atomic E-state index is -4.55. The number of pyridine rings is 2. The first kappa shape index (κ1) is 26.7. The summed E-state index contributed by atoms with van der Waals surface area (Å²) in [6, 6.07) is 1.72. The highest BCUT2D eigenvalue weighted by atomic mass is 19.4. The van der Waals surface area contributed by atoms with E-state index >= 15 is 0 Å². The molecule has 1 atom stereocenters. The van der Waals surface area contributed by atoms with E-state index < -0.39 is 47.7 Å². The van der Waals surface area contributed by atoms with Crippen LogP contribution in [0.2, 0.25) is 0 Å². The molecule has 0 aliphatic carbocycles. The molecule has 0 spiro atoms. The van der Waals surface area contributed by atoms with Crippen LogP contribution in [0.1, 0.15) is 11.1 Å². The third-order valence-electron chi connectivity index (χ3n) is 5.03. The molecular weight excluding hydrogens is 502 g/mol. The molecule has 2 aromatic heterocycles. The Morgan fingerprint density at radius 2 is 1.33 bits per heavy atom. The van der Waals surface area contributed by atoms with E-state index in [9.17, 15) is 45.8 Å². The number of carbonyl (C=O) groups excluding carboxylic acids is 3. The second-order valence-electron chi connectivity index (χ2n) is 7.68. The zero-order chi connectivity index (χ0) is 27.0. The number of likely N-dealkylation sites (N-methyl/N-ethyl adjacent to an activating group) is 2. The van der Waals surface area contributed by atoms with E-state index in [-0.39, 0.29) is 24.7 Å². The lowest BCUT2D eigenvalue weighted by Crippen LogP contribution is -2.35. The van der Waals surface area contributed by atoms with Crippen LogP contribution in [-0.2, 0) is 17.1 Å². The zero-order valence-corrected chi connectivity index (χ0v) is 18.6. The van der Waals surface area contributed by atoms with E-state index in [1.54, 1.807) is 0 Å². The average molecular weight is 520 g/mol. The van der Waals surface area contributed by atoms with Crippen LogP contribution in [0.15, 0.2) is 36.7 Å². The van der Waals surface area contributed by atoms with Gasteiger partial charge in [-0.2, -0.15) is 26.3 Å². The molecule has 0 radical (unpaired) electrons. The van der Waals surface area contributed by atoms with Gasteiger partial charge in [0.1, 0.15) is 18.2 Å². The van der Waals surface area contributed by atoms with Crippen LogP contribution in [0, 0.1) is 0 Å². The van der Waals surface area contributed by atoms with E-state index in [0.717, 1.165) is 40.4 Å². The number of urea groups is 2. The molecule has 5 amide bonds. The second kappa shape index (κ2) is 9.60. The molecule has 1 N–H and O–H groups in total.